The first kappa shape index (κ1) is 13.7. The van der Waals surface area contributed by atoms with Crippen LogP contribution in [0.4, 0.5) is 0 Å². The van der Waals surface area contributed by atoms with Gasteiger partial charge >= 0.3 is 5.97 Å². The van der Waals surface area contributed by atoms with E-state index in [4.69, 9.17) is 4.74 Å². The summed E-state index contributed by atoms with van der Waals surface area (Å²) in [6.45, 7) is 0.767. The normalized spacial score (nSPS) is 28.2. The predicted molar refractivity (Wildman–Crippen MR) is 70.2 cm³/mol. The van der Waals surface area contributed by atoms with E-state index < -0.39 is 0 Å². The van der Waals surface area contributed by atoms with E-state index >= 15 is 0 Å². The van der Waals surface area contributed by atoms with Crippen LogP contribution in [0.3, 0.4) is 0 Å². The molecule has 2 fully saturated rings. The molecule has 0 radical (unpaired) electrons. The van der Waals surface area contributed by atoms with Crippen LogP contribution >= 0.6 is 11.8 Å². The number of hydrogen-bond donors (Lipinski definition) is 1. The molecule has 1 amide bonds. The van der Waals surface area contributed by atoms with E-state index in [2.05, 4.69) is 5.32 Å². The molecule has 2 aliphatic rings. The molecule has 0 spiro atoms. The lowest BCUT2D eigenvalue weighted by molar-refractivity contribution is -0.145. The monoisotopic (exact) mass is 272 g/mol. The summed E-state index contributed by atoms with van der Waals surface area (Å²) in [4.78, 5) is 25.6. The maximum atomic E-state index is 12.4. The van der Waals surface area contributed by atoms with Crippen LogP contribution in [0.1, 0.15) is 25.7 Å². The van der Waals surface area contributed by atoms with Crippen LogP contribution in [0, 0.1) is 0 Å². The Morgan fingerprint density at radius 3 is 2.94 bits per heavy atom. The number of hydrogen-bond acceptors (Lipinski definition) is 5. The van der Waals surface area contributed by atoms with Crippen LogP contribution in [-0.2, 0) is 14.3 Å². The first-order chi connectivity index (χ1) is 8.72. The first-order valence-corrected chi connectivity index (χ1v) is 7.56. The molecule has 0 bridgehead atoms. The molecular formula is C12H20N2O3S. The van der Waals surface area contributed by atoms with Gasteiger partial charge in [-0.2, -0.15) is 0 Å². The SMILES string of the molecule is COC(=O)CC1CCCCN1C(=O)C1CSCN1. The third-order valence-corrected chi connectivity index (χ3v) is 4.49. The summed E-state index contributed by atoms with van der Waals surface area (Å²) < 4.78 is 4.71. The minimum atomic E-state index is -0.228. The van der Waals surface area contributed by atoms with E-state index in [9.17, 15) is 9.59 Å². The lowest BCUT2D eigenvalue weighted by atomic mass is 9.98. The Bertz CT molecular complexity index is 318. The maximum absolute atomic E-state index is 12.4. The van der Waals surface area contributed by atoms with Crippen molar-refractivity contribution in [3.05, 3.63) is 0 Å². The van der Waals surface area contributed by atoms with Gasteiger partial charge in [-0.05, 0) is 19.3 Å². The van der Waals surface area contributed by atoms with Crippen LogP contribution in [0.2, 0.25) is 0 Å². The quantitative estimate of drug-likeness (QED) is 0.762. The molecule has 2 saturated heterocycles. The number of nitrogens with one attached hydrogen (secondary N) is 1. The van der Waals surface area contributed by atoms with Crippen molar-refractivity contribution in [1.82, 2.24) is 10.2 Å². The van der Waals surface area contributed by atoms with Gasteiger partial charge in [0, 0.05) is 24.2 Å². The topological polar surface area (TPSA) is 58.6 Å². The van der Waals surface area contributed by atoms with E-state index in [0.717, 1.165) is 37.4 Å². The number of carbonyl (C=O) groups is 2. The van der Waals surface area contributed by atoms with Crippen molar-refractivity contribution in [2.75, 3.05) is 25.3 Å². The van der Waals surface area contributed by atoms with Crippen molar-refractivity contribution in [1.29, 1.82) is 0 Å². The highest BCUT2D eigenvalue weighted by molar-refractivity contribution is 7.99. The van der Waals surface area contributed by atoms with Gasteiger partial charge in [0.2, 0.25) is 5.91 Å². The number of likely N-dealkylation sites (tertiary alicyclic amines) is 1. The van der Waals surface area contributed by atoms with Gasteiger partial charge in [0.25, 0.3) is 0 Å². The first-order valence-electron chi connectivity index (χ1n) is 6.41. The maximum Gasteiger partial charge on any atom is 0.307 e. The summed E-state index contributed by atoms with van der Waals surface area (Å²) in [5, 5.41) is 3.20. The van der Waals surface area contributed by atoms with Gasteiger partial charge in [-0.1, -0.05) is 0 Å². The van der Waals surface area contributed by atoms with Crippen LogP contribution in [0.5, 0.6) is 0 Å². The third kappa shape index (κ3) is 3.17. The van der Waals surface area contributed by atoms with Crippen molar-refractivity contribution in [2.45, 2.75) is 37.8 Å². The Labute approximate surface area is 112 Å². The van der Waals surface area contributed by atoms with Gasteiger partial charge in [-0.15, -0.1) is 11.8 Å². The minimum Gasteiger partial charge on any atom is -0.469 e. The average molecular weight is 272 g/mol. The van der Waals surface area contributed by atoms with Crippen molar-refractivity contribution < 1.29 is 14.3 Å². The van der Waals surface area contributed by atoms with Gasteiger partial charge in [-0.3, -0.25) is 14.9 Å². The number of carbonyl (C=O) groups excluding carboxylic acids is 2. The van der Waals surface area contributed by atoms with Crippen LogP contribution < -0.4 is 5.32 Å². The fourth-order valence-corrected chi connectivity index (χ4v) is 3.47. The zero-order chi connectivity index (χ0) is 13.0. The smallest absolute Gasteiger partial charge is 0.307 e. The summed E-state index contributed by atoms with van der Waals surface area (Å²) >= 11 is 1.74. The minimum absolute atomic E-state index is 0.0195. The molecule has 102 valence electrons. The zero-order valence-electron chi connectivity index (χ0n) is 10.7. The molecule has 5 nitrogen and oxygen atoms in total. The van der Waals surface area contributed by atoms with Crippen molar-refractivity contribution in [3.8, 4) is 0 Å². The number of methoxy groups -OCH3 is 1. The number of nitrogens with zero attached hydrogens (tertiary/aromatic N) is 1. The number of amides is 1. The molecule has 0 aromatic carbocycles. The number of thioether (sulfide) groups is 1. The lowest BCUT2D eigenvalue weighted by Gasteiger charge is -2.36. The molecule has 0 aliphatic carbocycles. The molecule has 2 heterocycles. The summed E-state index contributed by atoms with van der Waals surface area (Å²) in [6, 6.07) is -0.0562. The van der Waals surface area contributed by atoms with E-state index in [-0.39, 0.29) is 24.0 Å². The lowest BCUT2D eigenvalue weighted by Crippen LogP contribution is -2.52. The predicted octanol–water partition coefficient (Wildman–Crippen LogP) is 0.593. The number of rotatable bonds is 3. The highest BCUT2D eigenvalue weighted by Crippen LogP contribution is 2.22. The van der Waals surface area contributed by atoms with E-state index in [0.29, 0.717) is 6.42 Å². The zero-order valence-corrected chi connectivity index (χ0v) is 11.5. The Kier molecular flexibility index (Phi) is 4.88. The standard InChI is InChI=1S/C12H20N2O3S/c1-17-11(15)6-9-4-2-3-5-14(9)12(16)10-7-18-8-13-10/h9-10,13H,2-8H2,1H3. The van der Waals surface area contributed by atoms with Crippen LogP contribution in [0.15, 0.2) is 0 Å². The number of ether oxygens (including phenoxy) is 1. The summed E-state index contributed by atoms with van der Waals surface area (Å²) in [6.07, 6.45) is 3.34. The molecule has 6 heteroatoms. The molecule has 2 atom stereocenters. The second-order valence-corrected chi connectivity index (χ2v) is 5.76. The summed E-state index contributed by atoms with van der Waals surface area (Å²) in [5.74, 6) is 1.59. The molecule has 18 heavy (non-hydrogen) atoms. The van der Waals surface area contributed by atoms with Gasteiger partial charge in [0.15, 0.2) is 0 Å². The molecule has 2 unspecified atom stereocenters. The van der Waals surface area contributed by atoms with Crippen LogP contribution in [0.25, 0.3) is 0 Å². The van der Waals surface area contributed by atoms with Gasteiger partial charge in [0.1, 0.15) is 0 Å². The van der Waals surface area contributed by atoms with Crippen LogP contribution in [-0.4, -0.2) is 54.1 Å². The van der Waals surface area contributed by atoms with E-state index in [1.807, 2.05) is 4.90 Å². The molecule has 0 aromatic heterocycles. The fraction of sp³-hybridized carbons (Fsp3) is 0.833. The summed E-state index contributed by atoms with van der Waals surface area (Å²) in [5.41, 5.74) is 0. The molecule has 2 rings (SSSR count). The van der Waals surface area contributed by atoms with E-state index in [1.165, 1.54) is 7.11 Å². The van der Waals surface area contributed by atoms with Gasteiger partial charge in [0.05, 0.1) is 19.6 Å². The Morgan fingerprint density at radius 1 is 1.44 bits per heavy atom. The average Bonchev–Trinajstić information content (AvgIpc) is 2.92. The third-order valence-electron chi connectivity index (χ3n) is 3.55. The van der Waals surface area contributed by atoms with Gasteiger partial charge < -0.3 is 9.64 Å². The van der Waals surface area contributed by atoms with Crippen molar-refractivity contribution in [2.24, 2.45) is 0 Å². The highest BCUT2D eigenvalue weighted by Gasteiger charge is 2.34. The largest absolute Gasteiger partial charge is 0.469 e. The molecule has 2 aliphatic heterocycles. The Morgan fingerprint density at radius 2 is 2.28 bits per heavy atom. The number of piperidine rings is 1. The summed E-state index contributed by atoms with van der Waals surface area (Å²) in [7, 11) is 1.40. The second kappa shape index (κ2) is 6.43. The Hall–Kier alpha value is -0.750. The molecule has 0 aromatic rings. The molecule has 0 saturated carbocycles. The fourth-order valence-electron chi connectivity index (χ4n) is 2.53. The highest BCUT2D eigenvalue weighted by atomic mass is 32.2. The molecule has 1 N–H and O–H groups in total. The van der Waals surface area contributed by atoms with Gasteiger partial charge in [-0.25, -0.2) is 0 Å². The van der Waals surface area contributed by atoms with Crippen molar-refractivity contribution in [3.63, 3.8) is 0 Å². The Balaban J connectivity index is 1.97. The number of esters is 1. The van der Waals surface area contributed by atoms with Crippen molar-refractivity contribution >= 4 is 23.6 Å². The van der Waals surface area contributed by atoms with E-state index in [1.54, 1.807) is 11.8 Å². The second-order valence-electron chi connectivity index (χ2n) is 4.73. The molecular weight excluding hydrogens is 252 g/mol.